The number of aromatic nitrogens is 3. The Morgan fingerprint density at radius 1 is 1.03 bits per heavy atom. The molecular formula is C26H19N3O2S2. The summed E-state index contributed by atoms with van der Waals surface area (Å²) in [7, 11) is 0. The highest BCUT2D eigenvalue weighted by Crippen LogP contribution is 2.38. The third-order valence-electron chi connectivity index (χ3n) is 5.73. The highest BCUT2D eigenvalue weighted by Gasteiger charge is 2.22. The van der Waals surface area contributed by atoms with Crippen molar-refractivity contribution in [1.82, 2.24) is 14.5 Å². The predicted molar refractivity (Wildman–Crippen MR) is 135 cm³/mol. The van der Waals surface area contributed by atoms with E-state index in [1.807, 2.05) is 31.2 Å². The summed E-state index contributed by atoms with van der Waals surface area (Å²) < 4.78 is 4.07. The molecule has 2 aromatic heterocycles. The quantitative estimate of drug-likeness (QED) is 0.322. The van der Waals surface area contributed by atoms with Gasteiger partial charge in [0.1, 0.15) is 17.1 Å². The van der Waals surface area contributed by atoms with Gasteiger partial charge in [-0.1, -0.05) is 29.8 Å². The molecule has 0 amide bonds. The molecule has 2 N–H and O–H groups in total. The molecule has 33 heavy (non-hydrogen) atoms. The SMILES string of the molecule is Cc1ccc(Cc2nc3c(-c4cc5sccc5s4)[nH]c(-c4ccc(O)cc4)cn-3c2=O)cc1. The van der Waals surface area contributed by atoms with Crippen molar-refractivity contribution < 1.29 is 5.11 Å². The van der Waals surface area contributed by atoms with E-state index in [-0.39, 0.29) is 11.3 Å². The molecule has 0 radical (unpaired) electrons. The summed E-state index contributed by atoms with van der Waals surface area (Å²) in [5.74, 6) is 0.824. The highest BCUT2D eigenvalue weighted by molar-refractivity contribution is 7.28. The fourth-order valence-electron chi connectivity index (χ4n) is 3.98. The number of H-pyrrole nitrogens is 1. The zero-order chi connectivity index (χ0) is 22.5. The number of imidazole rings is 1. The molecule has 0 saturated carbocycles. The van der Waals surface area contributed by atoms with E-state index in [0.29, 0.717) is 17.9 Å². The molecule has 0 spiro atoms. The highest BCUT2D eigenvalue weighted by atomic mass is 32.1. The lowest BCUT2D eigenvalue weighted by Crippen LogP contribution is -2.16. The average Bonchev–Trinajstić information content (AvgIpc) is 3.50. The Bertz CT molecular complexity index is 1590. The Kier molecular flexibility index (Phi) is 4.67. The van der Waals surface area contributed by atoms with Gasteiger partial charge in [0.15, 0.2) is 5.82 Å². The van der Waals surface area contributed by atoms with Crippen LogP contribution in [0.5, 0.6) is 5.75 Å². The van der Waals surface area contributed by atoms with E-state index in [1.54, 1.807) is 45.6 Å². The maximum atomic E-state index is 13.4. The van der Waals surface area contributed by atoms with Gasteiger partial charge in [-0.3, -0.25) is 9.36 Å². The molecular weight excluding hydrogens is 450 g/mol. The molecule has 7 heteroatoms. The van der Waals surface area contributed by atoms with Gasteiger partial charge in [-0.25, -0.2) is 4.98 Å². The summed E-state index contributed by atoms with van der Waals surface area (Å²) in [5, 5.41) is 11.8. The van der Waals surface area contributed by atoms with Crippen LogP contribution in [-0.4, -0.2) is 19.6 Å². The van der Waals surface area contributed by atoms with Crippen LogP contribution in [0.3, 0.4) is 0 Å². The van der Waals surface area contributed by atoms with Crippen LogP contribution >= 0.6 is 22.7 Å². The molecule has 0 bridgehead atoms. The molecule has 5 nitrogen and oxygen atoms in total. The topological polar surface area (TPSA) is 70.9 Å². The van der Waals surface area contributed by atoms with Crippen LogP contribution < -0.4 is 5.56 Å². The van der Waals surface area contributed by atoms with Gasteiger partial charge in [-0.05, 0) is 59.8 Å². The van der Waals surface area contributed by atoms with E-state index in [2.05, 4.69) is 34.6 Å². The second-order valence-corrected chi connectivity index (χ2v) is 10.1. The fraction of sp³-hybridized carbons (Fsp3) is 0.0769. The van der Waals surface area contributed by atoms with Gasteiger partial charge in [0.25, 0.3) is 5.56 Å². The van der Waals surface area contributed by atoms with Gasteiger partial charge in [0.2, 0.25) is 0 Å². The molecule has 0 saturated heterocycles. The van der Waals surface area contributed by atoms with E-state index in [0.717, 1.165) is 27.4 Å². The van der Waals surface area contributed by atoms with Crippen molar-refractivity contribution >= 4 is 32.1 Å². The third kappa shape index (κ3) is 3.55. The van der Waals surface area contributed by atoms with Crippen molar-refractivity contribution in [3.63, 3.8) is 0 Å². The number of aryl methyl sites for hydroxylation is 1. The van der Waals surface area contributed by atoms with Crippen LogP contribution in [0.25, 0.3) is 37.0 Å². The van der Waals surface area contributed by atoms with Crippen molar-refractivity contribution in [2.75, 3.05) is 0 Å². The van der Waals surface area contributed by atoms with Gasteiger partial charge in [0, 0.05) is 22.0 Å². The number of nitrogens with zero attached hydrogens (tertiary/aromatic N) is 2. The van der Waals surface area contributed by atoms with Crippen LogP contribution in [0.4, 0.5) is 0 Å². The van der Waals surface area contributed by atoms with E-state index in [1.165, 1.54) is 15.0 Å². The van der Waals surface area contributed by atoms with Crippen molar-refractivity contribution in [3.05, 3.63) is 99.4 Å². The number of rotatable bonds is 4. The third-order valence-corrected chi connectivity index (χ3v) is 7.84. The zero-order valence-corrected chi connectivity index (χ0v) is 19.3. The summed E-state index contributed by atoms with van der Waals surface area (Å²) in [5.41, 5.74) is 5.13. The first-order valence-electron chi connectivity index (χ1n) is 10.5. The van der Waals surface area contributed by atoms with Crippen molar-refractivity contribution in [2.24, 2.45) is 0 Å². The Balaban J connectivity index is 1.55. The molecule has 2 aliphatic rings. The first kappa shape index (κ1) is 20.0. The molecule has 0 unspecified atom stereocenters. The number of nitrogens with one attached hydrogen (secondary N) is 1. The lowest BCUT2D eigenvalue weighted by atomic mass is 10.1. The summed E-state index contributed by atoms with van der Waals surface area (Å²) >= 11 is 3.38. The number of hydrogen-bond acceptors (Lipinski definition) is 5. The minimum atomic E-state index is -0.112. The summed E-state index contributed by atoms with van der Waals surface area (Å²) in [6, 6.07) is 19.4. The van der Waals surface area contributed by atoms with Crippen molar-refractivity contribution in [3.8, 4) is 33.4 Å². The predicted octanol–water partition coefficient (Wildman–Crippen LogP) is 6.21. The number of thiophene rings is 2. The summed E-state index contributed by atoms with van der Waals surface area (Å²) in [6.07, 6.45) is 2.28. The average molecular weight is 470 g/mol. The fourth-order valence-corrected chi connectivity index (χ4v) is 6.08. The Morgan fingerprint density at radius 2 is 1.82 bits per heavy atom. The number of phenols is 1. The molecule has 4 heterocycles. The number of fused-ring (bicyclic) bond motifs is 2. The lowest BCUT2D eigenvalue weighted by molar-refractivity contribution is 0.475. The number of aromatic hydroxyl groups is 1. The van der Waals surface area contributed by atoms with E-state index < -0.39 is 0 Å². The molecule has 162 valence electrons. The Morgan fingerprint density at radius 3 is 2.58 bits per heavy atom. The van der Waals surface area contributed by atoms with E-state index in [4.69, 9.17) is 4.98 Å². The number of benzene rings is 2. The van der Waals surface area contributed by atoms with Gasteiger partial charge in [0.05, 0.1) is 10.6 Å². The second kappa shape index (κ2) is 7.72. The van der Waals surface area contributed by atoms with Crippen LogP contribution in [0.15, 0.2) is 77.0 Å². The smallest absolute Gasteiger partial charge is 0.278 e. The zero-order valence-electron chi connectivity index (χ0n) is 17.7. The lowest BCUT2D eigenvalue weighted by Gasteiger charge is -2.12. The largest absolute Gasteiger partial charge is 0.508 e. The normalized spacial score (nSPS) is 11.5. The minimum absolute atomic E-state index is 0.112. The summed E-state index contributed by atoms with van der Waals surface area (Å²) in [4.78, 5) is 22.7. The molecule has 0 atom stereocenters. The number of phenolic OH excluding ortho intramolecular Hbond substituents is 1. The van der Waals surface area contributed by atoms with E-state index >= 15 is 0 Å². The monoisotopic (exact) mass is 469 g/mol. The van der Waals surface area contributed by atoms with Gasteiger partial charge in [-0.2, -0.15) is 0 Å². The van der Waals surface area contributed by atoms with Crippen molar-refractivity contribution in [2.45, 2.75) is 13.3 Å². The maximum Gasteiger partial charge on any atom is 0.278 e. The van der Waals surface area contributed by atoms with Crippen LogP contribution in [0.2, 0.25) is 0 Å². The Hall–Kier alpha value is -3.68. The molecule has 2 aliphatic heterocycles. The summed E-state index contributed by atoms with van der Waals surface area (Å²) in [6.45, 7) is 2.05. The molecule has 0 aliphatic carbocycles. The number of aromatic amines is 1. The van der Waals surface area contributed by atoms with Crippen LogP contribution in [0.1, 0.15) is 16.8 Å². The van der Waals surface area contributed by atoms with E-state index in [9.17, 15) is 9.90 Å². The molecule has 0 fully saturated rings. The van der Waals surface area contributed by atoms with Gasteiger partial charge < -0.3 is 10.1 Å². The van der Waals surface area contributed by atoms with Gasteiger partial charge >= 0.3 is 0 Å². The number of hydrogen-bond donors (Lipinski definition) is 2. The standard InChI is InChI=1S/C26H19N3O2S2/c1-15-2-4-16(5-3-15)12-19-26(31)29-14-20(17-6-8-18(30)9-7-17)27-24(25(29)28-19)23-13-22-21(33-23)10-11-32-22/h2-11,13-14,27,30H,12H2,1H3. The molecule has 4 aromatic rings. The molecule has 2 aromatic carbocycles. The van der Waals surface area contributed by atoms with Gasteiger partial charge in [-0.15, -0.1) is 22.7 Å². The maximum absolute atomic E-state index is 13.4. The van der Waals surface area contributed by atoms with Crippen LogP contribution in [0, 0.1) is 6.92 Å². The first-order chi connectivity index (χ1) is 16.0. The minimum Gasteiger partial charge on any atom is -0.508 e. The molecule has 6 rings (SSSR count). The van der Waals surface area contributed by atoms with Crippen LogP contribution in [-0.2, 0) is 6.42 Å². The Labute approximate surface area is 197 Å². The second-order valence-electron chi connectivity index (χ2n) is 8.07. The van der Waals surface area contributed by atoms with Crippen molar-refractivity contribution in [1.29, 1.82) is 0 Å². The first-order valence-corrected chi connectivity index (χ1v) is 12.2.